The number of nitrogens with zero attached hydrogens (tertiary/aromatic N) is 4. The minimum atomic E-state index is -0.313. The number of rotatable bonds is 4. The number of nitrogens with one attached hydrogen (secondary N) is 1. The Hall–Kier alpha value is -2.41. The first-order valence-electron chi connectivity index (χ1n) is 9.64. The Morgan fingerprint density at radius 3 is 2.54 bits per heavy atom. The predicted molar refractivity (Wildman–Crippen MR) is 106 cm³/mol. The van der Waals surface area contributed by atoms with Crippen LogP contribution in [0.5, 0.6) is 5.88 Å². The molecule has 2 saturated heterocycles. The van der Waals surface area contributed by atoms with Crippen molar-refractivity contribution in [3.63, 3.8) is 0 Å². The van der Waals surface area contributed by atoms with Gasteiger partial charge in [-0.25, -0.2) is 15.0 Å². The van der Waals surface area contributed by atoms with Crippen LogP contribution in [0, 0.1) is 11.3 Å². The maximum atomic E-state index is 13.3. The number of carbonyl (C=O) groups is 1. The molecule has 28 heavy (non-hydrogen) atoms. The number of ether oxygens (including phenoxy) is 1. The number of hydrogen-bond acceptors (Lipinski definition) is 6. The fraction of sp³-hybridized carbons (Fsp3) is 0.500. The molecular weight excluding hydrogens is 378 g/mol. The number of piperidine rings is 2. The van der Waals surface area contributed by atoms with Crippen LogP contribution >= 0.6 is 11.6 Å². The zero-order valence-corrected chi connectivity index (χ0v) is 16.4. The molecule has 7 nitrogen and oxygen atoms in total. The van der Waals surface area contributed by atoms with Gasteiger partial charge in [0.05, 0.1) is 36.8 Å². The average molecular weight is 400 g/mol. The van der Waals surface area contributed by atoms with Gasteiger partial charge >= 0.3 is 0 Å². The molecule has 4 bridgehead atoms. The van der Waals surface area contributed by atoms with E-state index in [1.165, 1.54) is 0 Å². The Kier molecular flexibility index (Phi) is 4.16. The largest absolute Gasteiger partial charge is 0.481 e. The summed E-state index contributed by atoms with van der Waals surface area (Å²) in [6, 6.07) is 4.23. The van der Waals surface area contributed by atoms with Gasteiger partial charge in [0.2, 0.25) is 11.8 Å². The summed E-state index contributed by atoms with van der Waals surface area (Å²) in [5.74, 6) is 2.11. The molecule has 2 aromatic heterocycles. The number of hydrogen-bond donors (Lipinski definition) is 1. The molecule has 4 fully saturated rings. The highest BCUT2D eigenvalue weighted by molar-refractivity contribution is 6.29. The van der Waals surface area contributed by atoms with Crippen LogP contribution in [0.2, 0.25) is 5.15 Å². The molecule has 4 atom stereocenters. The lowest BCUT2D eigenvalue weighted by Crippen LogP contribution is -2.64. The zero-order valence-electron chi connectivity index (χ0n) is 15.6. The van der Waals surface area contributed by atoms with Crippen molar-refractivity contribution in [1.82, 2.24) is 15.0 Å². The van der Waals surface area contributed by atoms with Gasteiger partial charge < -0.3 is 15.0 Å². The maximum Gasteiger partial charge on any atom is 0.230 e. The van der Waals surface area contributed by atoms with Crippen LogP contribution in [0.15, 0.2) is 30.7 Å². The van der Waals surface area contributed by atoms with E-state index in [4.69, 9.17) is 16.3 Å². The van der Waals surface area contributed by atoms with Gasteiger partial charge in [0.25, 0.3) is 0 Å². The third-order valence-electron chi connectivity index (χ3n) is 6.49. The van der Waals surface area contributed by atoms with Gasteiger partial charge in [-0.05, 0) is 44.1 Å². The first-order valence-corrected chi connectivity index (χ1v) is 10.0. The van der Waals surface area contributed by atoms with E-state index in [-0.39, 0.29) is 11.3 Å². The highest BCUT2D eigenvalue weighted by Gasteiger charge is 2.58. The summed E-state index contributed by atoms with van der Waals surface area (Å²) in [5.41, 5.74) is 0.397. The lowest BCUT2D eigenvalue weighted by molar-refractivity contribution is -0.134. The molecule has 4 heterocycles. The standard InChI is InChI=1S/C20H22ClN5O2/c1-28-18-3-2-13(9-24-18)25-19(27)20-6-12-4-14(7-20)26(15(5-12)8-20)17-11-22-16(21)10-23-17/h2-3,9-12,14-15H,4-8H2,1H3,(H,25,27)/t12?,14-,15+,20?. The van der Waals surface area contributed by atoms with Gasteiger partial charge in [0.1, 0.15) is 11.0 Å². The van der Waals surface area contributed by atoms with Gasteiger partial charge in [-0.1, -0.05) is 11.6 Å². The van der Waals surface area contributed by atoms with Gasteiger partial charge in [0.15, 0.2) is 0 Å². The van der Waals surface area contributed by atoms with Crippen molar-refractivity contribution in [1.29, 1.82) is 0 Å². The molecule has 6 rings (SSSR count). The van der Waals surface area contributed by atoms with Gasteiger partial charge in [-0.15, -0.1) is 0 Å². The summed E-state index contributed by atoms with van der Waals surface area (Å²) in [7, 11) is 1.58. The summed E-state index contributed by atoms with van der Waals surface area (Å²) in [6.07, 6.45) is 9.88. The summed E-state index contributed by atoms with van der Waals surface area (Å²) < 4.78 is 5.09. The van der Waals surface area contributed by atoms with Crippen molar-refractivity contribution >= 4 is 29.0 Å². The topological polar surface area (TPSA) is 80.2 Å². The van der Waals surface area contributed by atoms with E-state index in [9.17, 15) is 4.79 Å². The van der Waals surface area contributed by atoms with E-state index in [0.29, 0.717) is 34.7 Å². The Balaban J connectivity index is 1.37. The molecule has 2 saturated carbocycles. The molecule has 2 aliphatic heterocycles. The van der Waals surface area contributed by atoms with Crippen molar-refractivity contribution in [3.8, 4) is 5.88 Å². The van der Waals surface area contributed by atoms with Crippen molar-refractivity contribution in [2.24, 2.45) is 11.3 Å². The van der Waals surface area contributed by atoms with Crippen LogP contribution in [-0.2, 0) is 4.79 Å². The smallest absolute Gasteiger partial charge is 0.230 e. The lowest BCUT2D eigenvalue weighted by atomic mass is 9.55. The molecule has 0 spiro atoms. The minimum Gasteiger partial charge on any atom is -0.481 e. The van der Waals surface area contributed by atoms with Crippen LogP contribution in [0.1, 0.15) is 32.1 Å². The molecule has 8 heteroatoms. The second-order valence-corrected chi connectivity index (χ2v) is 8.57. The predicted octanol–water partition coefficient (Wildman–Crippen LogP) is 3.31. The second kappa shape index (κ2) is 6.58. The second-order valence-electron chi connectivity index (χ2n) is 8.19. The minimum absolute atomic E-state index is 0.112. The Labute approximate surface area is 168 Å². The quantitative estimate of drug-likeness (QED) is 0.849. The van der Waals surface area contributed by atoms with Gasteiger partial charge in [-0.3, -0.25) is 4.79 Å². The molecule has 146 valence electrons. The monoisotopic (exact) mass is 399 g/mol. The molecule has 4 aliphatic rings. The molecular formula is C20H22ClN5O2. The Morgan fingerprint density at radius 2 is 1.93 bits per heavy atom. The summed E-state index contributed by atoms with van der Waals surface area (Å²) in [4.78, 5) is 28.5. The fourth-order valence-corrected chi connectivity index (χ4v) is 5.65. The highest BCUT2D eigenvalue weighted by atomic mass is 35.5. The normalized spacial score (nSPS) is 30.4. The average Bonchev–Trinajstić information content (AvgIpc) is 2.69. The number of halogens is 1. The number of anilines is 2. The van der Waals surface area contributed by atoms with Crippen LogP contribution in [0.4, 0.5) is 11.5 Å². The third kappa shape index (κ3) is 2.89. The van der Waals surface area contributed by atoms with Gasteiger partial charge in [0, 0.05) is 18.2 Å². The molecule has 2 aliphatic carbocycles. The highest BCUT2D eigenvalue weighted by Crippen LogP contribution is 2.57. The Bertz CT molecular complexity index is 872. The summed E-state index contributed by atoms with van der Waals surface area (Å²) >= 11 is 5.90. The summed E-state index contributed by atoms with van der Waals surface area (Å²) in [6.45, 7) is 0. The molecule has 1 amide bonds. The SMILES string of the molecule is COc1ccc(NC(=O)C23CC4C[C@H](C2)N(c2cnc(Cl)cn2)[C@@H](C4)C3)cn1. The van der Waals surface area contributed by atoms with E-state index in [1.807, 2.05) is 6.07 Å². The van der Waals surface area contributed by atoms with E-state index in [0.717, 1.165) is 37.9 Å². The van der Waals surface area contributed by atoms with E-state index >= 15 is 0 Å². The molecule has 0 radical (unpaired) electrons. The third-order valence-corrected chi connectivity index (χ3v) is 6.68. The van der Waals surface area contributed by atoms with Crippen molar-refractivity contribution in [3.05, 3.63) is 35.9 Å². The maximum absolute atomic E-state index is 13.3. The van der Waals surface area contributed by atoms with Crippen molar-refractivity contribution < 1.29 is 9.53 Å². The molecule has 1 N–H and O–H groups in total. The van der Waals surface area contributed by atoms with Gasteiger partial charge in [-0.2, -0.15) is 0 Å². The number of aromatic nitrogens is 3. The van der Waals surface area contributed by atoms with E-state index in [2.05, 4.69) is 25.2 Å². The fourth-order valence-electron chi connectivity index (χ4n) is 5.56. The van der Waals surface area contributed by atoms with Crippen molar-refractivity contribution in [2.75, 3.05) is 17.3 Å². The number of carbonyl (C=O) groups excluding carboxylic acids is 1. The lowest BCUT2D eigenvalue weighted by Gasteiger charge is -2.61. The zero-order chi connectivity index (χ0) is 19.3. The van der Waals surface area contributed by atoms with Crippen LogP contribution in [0.3, 0.4) is 0 Å². The summed E-state index contributed by atoms with van der Waals surface area (Å²) in [5, 5.41) is 3.49. The van der Waals surface area contributed by atoms with Crippen LogP contribution in [-0.4, -0.2) is 40.1 Å². The number of amides is 1. The number of methoxy groups -OCH3 is 1. The molecule has 2 aromatic rings. The molecule has 2 unspecified atom stereocenters. The number of pyridine rings is 1. The van der Waals surface area contributed by atoms with Crippen molar-refractivity contribution in [2.45, 2.75) is 44.2 Å². The first kappa shape index (κ1) is 17.7. The Morgan fingerprint density at radius 1 is 1.14 bits per heavy atom. The van der Waals surface area contributed by atoms with E-state index < -0.39 is 0 Å². The van der Waals surface area contributed by atoms with Crippen LogP contribution < -0.4 is 15.0 Å². The first-order chi connectivity index (χ1) is 13.6. The molecule has 0 aromatic carbocycles. The van der Waals surface area contributed by atoms with E-state index in [1.54, 1.807) is 31.8 Å². The van der Waals surface area contributed by atoms with Crippen LogP contribution in [0.25, 0.3) is 0 Å².